The smallest absolute Gasteiger partial charge is 0.368 e. The summed E-state index contributed by atoms with van der Waals surface area (Å²) in [5.41, 5.74) is 6.21. The Morgan fingerprint density at radius 3 is 2.57 bits per heavy atom. The van der Waals surface area contributed by atoms with Crippen LogP contribution in [-0.2, 0) is 30.7 Å². The summed E-state index contributed by atoms with van der Waals surface area (Å²) in [6.07, 6.45) is 0.726. The van der Waals surface area contributed by atoms with Crippen LogP contribution >= 0.6 is 0 Å². The first-order chi connectivity index (χ1) is 13.2. The van der Waals surface area contributed by atoms with Crippen LogP contribution in [0.2, 0.25) is 0 Å². The van der Waals surface area contributed by atoms with Gasteiger partial charge in [-0.2, -0.15) is 13.5 Å². The van der Waals surface area contributed by atoms with E-state index in [1.807, 2.05) is 6.07 Å². The predicted octanol–water partition coefficient (Wildman–Crippen LogP) is -0.798. The first kappa shape index (κ1) is 20.0. The zero-order chi connectivity index (χ0) is 20.5. The van der Waals surface area contributed by atoms with Gasteiger partial charge in [0.15, 0.2) is 0 Å². The van der Waals surface area contributed by atoms with Gasteiger partial charge < -0.3 is 16.0 Å². The number of rotatable bonds is 7. The zero-order valence-electron chi connectivity index (χ0n) is 14.7. The minimum Gasteiger partial charge on any atom is -0.368 e. The molecule has 12 heteroatoms. The van der Waals surface area contributed by atoms with E-state index < -0.39 is 46.4 Å². The minimum atomic E-state index is -4.86. The van der Waals surface area contributed by atoms with Crippen molar-refractivity contribution >= 4 is 28.2 Å². The minimum absolute atomic E-state index is 0.0619. The second-order valence-electron chi connectivity index (χ2n) is 6.66. The van der Waals surface area contributed by atoms with Gasteiger partial charge in [-0.1, -0.05) is 30.3 Å². The van der Waals surface area contributed by atoms with Crippen molar-refractivity contribution in [3.63, 3.8) is 0 Å². The van der Waals surface area contributed by atoms with E-state index in [-0.39, 0.29) is 25.8 Å². The molecule has 2 saturated heterocycles. The maximum atomic E-state index is 12.7. The Labute approximate surface area is 161 Å². The van der Waals surface area contributed by atoms with E-state index in [9.17, 15) is 22.8 Å². The normalized spacial score (nSPS) is 22.8. The number of carbonyl (C=O) groups excluding carboxylic acids is 3. The summed E-state index contributed by atoms with van der Waals surface area (Å²) in [6.45, 7) is 0.0619. The van der Waals surface area contributed by atoms with Crippen molar-refractivity contribution in [3.8, 4) is 0 Å². The van der Waals surface area contributed by atoms with Crippen LogP contribution in [0.15, 0.2) is 30.3 Å². The molecule has 0 saturated carbocycles. The van der Waals surface area contributed by atoms with Gasteiger partial charge in [-0.3, -0.25) is 14.1 Å². The van der Waals surface area contributed by atoms with Crippen molar-refractivity contribution in [3.05, 3.63) is 35.9 Å². The van der Waals surface area contributed by atoms with Gasteiger partial charge in [-0.25, -0.2) is 4.79 Å². The van der Waals surface area contributed by atoms with Crippen molar-refractivity contribution < 1.29 is 31.6 Å². The third kappa shape index (κ3) is 4.40. The molecular formula is C16H20N4O7S. The van der Waals surface area contributed by atoms with Crippen LogP contribution < -0.4 is 11.1 Å². The molecule has 3 atom stereocenters. The molecule has 4 N–H and O–H groups in total. The number of primary amides is 1. The number of hydrogen-bond acceptors (Lipinski definition) is 6. The van der Waals surface area contributed by atoms with Crippen LogP contribution in [0.5, 0.6) is 0 Å². The highest BCUT2D eigenvalue weighted by molar-refractivity contribution is 7.80. The van der Waals surface area contributed by atoms with E-state index in [0.29, 0.717) is 5.06 Å². The highest BCUT2D eigenvalue weighted by Gasteiger charge is 2.49. The van der Waals surface area contributed by atoms with Gasteiger partial charge in [-0.05, 0) is 18.4 Å². The van der Waals surface area contributed by atoms with Crippen LogP contribution in [0.3, 0.4) is 0 Å². The Morgan fingerprint density at radius 1 is 1.29 bits per heavy atom. The van der Waals surface area contributed by atoms with Gasteiger partial charge in [0.25, 0.3) is 0 Å². The van der Waals surface area contributed by atoms with Gasteiger partial charge in [-0.15, -0.1) is 4.28 Å². The molecular weight excluding hydrogens is 392 g/mol. The third-order valence-electron chi connectivity index (χ3n) is 4.74. The summed E-state index contributed by atoms with van der Waals surface area (Å²) in [4.78, 5) is 38.0. The average Bonchev–Trinajstić information content (AvgIpc) is 2.85. The number of nitrogens with one attached hydrogen (secondary N) is 1. The number of hydrogen-bond donors (Lipinski definition) is 3. The molecule has 11 nitrogen and oxygen atoms in total. The largest absolute Gasteiger partial charge is 0.418 e. The Morgan fingerprint density at radius 2 is 1.96 bits per heavy atom. The molecule has 0 spiro atoms. The second-order valence-corrected chi connectivity index (χ2v) is 7.67. The Balaban J connectivity index is 1.69. The second kappa shape index (κ2) is 7.73. The molecule has 2 aliphatic heterocycles. The summed E-state index contributed by atoms with van der Waals surface area (Å²) in [5, 5.41) is 3.12. The SMILES string of the molecule is NC(=O)C(Cc1ccccc1)NC(=O)[C@H]1CC[C@@H]2CN1C(=O)N2OS(=O)(=O)O. The topological polar surface area (TPSA) is 159 Å². The molecule has 2 fully saturated rings. The van der Waals surface area contributed by atoms with E-state index in [0.717, 1.165) is 10.5 Å². The van der Waals surface area contributed by atoms with Gasteiger partial charge in [0.05, 0.1) is 6.04 Å². The van der Waals surface area contributed by atoms with E-state index in [1.54, 1.807) is 24.3 Å². The molecule has 28 heavy (non-hydrogen) atoms. The van der Waals surface area contributed by atoms with Gasteiger partial charge >= 0.3 is 16.4 Å². The molecule has 2 bridgehead atoms. The summed E-state index contributed by atoms with van der Waals surface area (Å²) >= 11 is 0. The Hall–Kier alpha value is -2.70. The lowest BCUT2D eigenvalue weighted by atomic mass is 9.99. The van der Waals surface area contributed by atoms with E-state index in [1.165, 1.54) is 0 Å². The maximum Gasteiger partial charge on any atom is 0.418 e. The molecule has 4 amide bonds. The monoisotopic (exact) mass is 412 g/mol. The van der Waals surface area contributed by atoms with Crippen molar-refractivity contribution in [2.45, 2.75) is 37.4 Å². The fourth-order valence-corrected chi connectivity index (χ4v) is 3.83. The molecule has 1 aromatic rings. The lowest BCUT2D eigenvalue weighted by Crippen LogP contribution is -2.55. The quantitative estimate of drug-likeness (QED) is 0.494. The van der Waals surface area contributed by atoms with Crippen molar-refractivity contribution in [2.75, 3.05) is 6.54 Å². The Bertz CT molecular complexity index is 876. The number of amides is 4. The third-order valence-corrected chi connectivity index (χ3v) is 5.09. The van der Waals surface area contributed by atoms with Crippen LogP contribution in [0, 0.1) is 0 Å². The van der Waals surface area contributed by atoms with Crippen molar-refractivity contribution in [2.24, 2.45) is 5.73 Å². The molecule has 152 valence electrons. The number of urea groups is 1. The standard InChI is InChI=1S/C16H20N4O7S/c17-14(21)12(8-10-4-2-1-3-5-10)18-15(22)13-7-6-11-9-19(13)16(23)20(11)27-28(24,25)26/h1-5,11-13H,6-9H2,(H2,17,21)(H,18,22)(H,24,25,26)/t11-,12?,13-/m1/s1. The van der Waals surface area contributed by atoms with Gasteiger partial charge in [0.1, 0.15) is 12.1 Å². The van der Waals surface area contributed by atoms with Crippen LogP contribution in [-0.4, -0.2) is 65.4 Å². The number of nitrogens with two attached hydrogens (primary N) is 1. The highest BCUT2D eigenvalue weighted by Crippen LogP contribution is 2.30. The fraction of sp³-hybridized carbons (Fsp3) is 0.438. The van der Waals surface area contributed by atoms with Crippen LogP contribution in [0.4, 0.5) is 4.79 Å². The lowest BCUT2D eigenvalue weighted by Gasteiger charge is -2.30. The first-order valence-electron chi connectivity index (χ1n) is 8.56. The van der Waals surface area contributed by atoms with Crippen molar-refractivity contribution in [1.82, 2.24) is 15.3 Å². The van der Waals surface area contributed by atoms with E-state index in [4.69, 9.17) is 10.3 Å². The average molecular weight is 412 g/mol. The number of hydroxylamine groups is 2. The first-order valence-corrected chi connectivity index (χ1v) is 9.92. The number of piperidine rings is 1. The molecule has 1 unspecified atom stereocenters. The highest BCUT2D eigenvalue weighted by atomic mass is 32.3. The molecule has 3 rings (SSSR count). The number of fused-ring (bicyclic) bond motifs is 2. The summed E-state index contributed by atoms with van der Waals surface area (Å²) < 4.78 is 35.0. The Kier molecular flexibility index (Phi) is 5.54. The maximum absolute atomic E-state index is 12.7. The van der Waals surface area contributed by atoms with Crippen LogP contribution in [0.25, 0.3) is 0 Å². The molecule has 1 aromatic carbocycles. The van der Waals surface area contributed by atoms with Gasteiger partial charge in [0, 0.05) is 13.0 Å². The summed E-state index contributed by atoms with van der Waals surface area (Å²) in [5.74, 6) is -1.28. The summed E-state index contributed by atoms with van der Waals surface area (Å²) in [6, 6.07) is 5.68. The van der Waals surface area contributed by atoms with Crippen LogP contribution in [0.1, 0.15) is 18.4 Å². The van der Waals surface area contributed by atoms with E-state index in [2.05, 4.69) is 9.60 Å². The fourth-order valence-electron chi connectivity index (χ4n) is 3.44. The molecule has 0 aromatic heterocycles. The summed E-state index contributed by atoms with van der Waals surface area (Å²) in [7, 11) is -4.86. The van der Waals surface area contributed by atoms with Gasteiger partial charge in [0.2, 0.25) is 11.8 Å². The number of benzene rings is 1. The lowest BCUT2D eigenvalue weighted by molar-refractivity contribution is -0.130. The number of nitrogens with zero attached hydrogens (tertiary/aromatic N) is 2. The predicted molar refractivity (Wildman–Crippen MR) is 94.7 cm³/mol. The molecule has 0 radical (unpaired) electrons. The molecule has 0 aliphatic carbocycles. The zero-order valence-corrected chi connectivity index (χ0v) is 15.5. The molecule has 2 aliphatic rings. The number of carbonyl (C=O) groups is 3. The van der Waals surface area contributed by atoms with E-state index >= 15 is 0 Å². The molecule has 2 heterocycles. The van der Waals surface area contributed by atoms with Crippen molar-refractivity contribution in [1.29, 1.82) is 0 Å².